The van der Waals surface area contributed by atoms with Crippen LogP contribution in [0.4, 0.5) is 0 Å². The van der Waals surface area contributed by atoms with Gasteiger partial charge in [0.2, 0.25) is 0 Å². The predicted molar refractivity (Wildman–Crippen MR) is 153 cm³/mol. The van der Waals surface area contributed by atoms with Crippen LogP contribution in [-0.2, 0) is 6.42 Å². The van der Waals surface area contributed by atoms with Crippen molar-refractivity contribution in [1.82, 2.24) is 5.32 Å². The summed E-state index contributed by atoms with van der Waals surface area (Å²) in [6.45, 7) is 5.67. The molecule has 0 radical (unpaired) electrons. The highest BCUT2D eigenvalue weighted by atomic mass is 35.5. The summed E-state index contributed by atoms with van der Waals surface area (Å²) in [5.74, 6) is 0.275. The van der Waals surface area contributed by atoms with Crippen LogP contribution in [0.15, 0.2) is 84.9 Å². The van der Waals surface area contributed by atoms with Crippen LogP contribution in [0.2, 0.25) is 0 Å². The Morgan fingerprint density at radius 1 is 1.00 bits per heavy atom. The molecule has 192 valence electrons. The molecule has 0 saturated heterocycles. The molecule has 0 spiro atoms. The Balaban J connectivity index is 0.00000320. The molecule has 2 unspecified atom stereocenters. The van der Waals surface area contributed by atoms with Crippen molar-refractivity contribution in [3.63, 3.8) is 0 Å². The first kappa shape index (κ1) is 26.7. The van der Waals surface area contributed by atoms with Gasteiger partial charge in [0.15, 0.2) is 0 Å². The van der Waals surface area contributed by atoms with Crippen molar-refractivity contribution < 1.29 is 14.6 Å². The zero-order valence-corrected chi connectivity index (χ0v) is 22.1. The molecule has 5 rings (SSSR count). The van der Waals surface area contributed by atoms with Crippen molar-refractivity contribution >= 4 is 29.1 Å². The number of fused-ring (bicyclic) bond motifs is 2. The second-order valence-electron chi connectivity index (χ2n) is 9.96. The number of aromatic carboxylic acids is 1. The molecule has 0 amide bonds. The van der Waals surface area contributed by atoms with Gasteiger partial charge in [0.05, 0.1) is 5.56 Å². The van der Waals surface area contributed by atoms with Gasteiger partial charge in [0.1, 0.15) is 11.9 Å². The molecule has 0 aliphatic carbocycles. The number of rotatable bonds is 8. The number of hydrogen-bond acceptors (Lipinski definition) is 3. The molecule has 1 heterocycles. The lowest BCUT2D eigenvalue weighted by Crippen LogP contribution is -2.36. The lowest BCUT2D eigenvalue weighted by molar-refractivity contribution is 0.0695. The molecule has 0 saturated carbocycles. The summed E-state index contributed by atoms with van der Waals surface area (Å²) in [7, 11) is 0. The highest BCUT2D eigenvalue weighted by Gasteiger charge is 2.30. The van der Waals surface area contributed by atoms with E-state index in [1.807, 2.05) is 44.2 Å². The molecule has 1 aliphatic heterocycles. The molecular weight excluding hydrogens is 482 g/mol. The van der Waals surface area contributed by atoms with Crippen molar-refractivity contribution in [2.24, 2.45) is 0 Å². The summed E-state index contributed by atoms with van der Waals surface area (Å²) < 4.78 is 6.37. The van der Waals surface area contributed by atoms with E-state index >= 15 is 0 Å². The first-order valence-electron chi connectivity index (χ1n) is 12.8. The minimum atomic E-state index is -0.868. The molecular formula is C32H34ClNO3. The van der Waals surface area contributed by atoms with Gasteiger partial charge < -0.3 is 15.2 Å². The fourth-order valence-electron chi connectivity index (χ4n) is 5.41. The van der Waals surface area contributed by atoms with Crippen molar-refractivity contribution in [2.45, 2.75) is 44.6 Å². The molecule has 0 bridgehead atoms. The summed E-state index contributed by atoms with van der Waals surface area (Å²) in [6.07, 6.45) is 1.76. The standard InChI is InChI=1S/C32H33NO3.ClH/c1-21(2)26-15-14-24(18-30(26)32(34)35)29-19-25(36-31-13-6-5-12-28(29)31)20-33-17-16-23-10-7-9-22-8-3-4-11-27(22)23;/h3-15,18,21,25,29,33H,16-17,19-20H2,1-2H3,(H,34,35);1H. The summed E-state index contributed by atoms with van der Waals surface area (Å²) in [6, 6.07) is 29.1. The fourth-order valence-corrected chi connectivity index (χ4v) is 5.41. The van der Waals surface area contributed by atoms with E-state index in [0.29, 0.717) is 5.56 Å². The molecule has 4 aromatic carbocycles. The number of benzene rings is 4. The van der Waals surface area contributed by atoms with Gasteiger partial charge in [0, 0.05) is 18.0 Å². The van der Waals surface area contributed by atoms with E-state index in [1.165, 1.54) is 16.3 Å². The third-order valence-electron chi connectivity index (χ3n) is 7.24. The Hall–Kier alpha value is -3.34. The van der Waals surface area contributed by atoms with Gasteiger partial charge in [-0.15, -0.1) is 12.4 Å². The molecule has 4 nitrogen and oxygen atoms in total. The number of carboxylic acid groups (broad SMARTS) is 1. The smallest absolute Gasteiger partial charge is 0.335 e. The van der Waals surface area contributed by atoms with E-state index in [0.717, 1.165) is 48.4 Å². The summed E-state index contributed by atoms with van der Waals surface area (Å²) in [4.78, 5) is 12.0. The third kappa shape index (κ3) is 5.82. The van der Waals surface area contributed by atoms with E-state index in [4.69, 9.17) is 4.74 Å². The van der Waals surface area contributed by atoms with E-state index in [1.54, 1.807) is 0 Å². The number of hydrogen-bond donors (Lipinski definition) is 2. The van der Waals surface area contributed by atoms with E-state index in [2.05, 4.69) is 59.9 Å². The Morgan fingerprint density at radius 3 is 2.57 bits per heavy atom. The van der Waals surface area contributed by atoms with E-state index < -0.39 is 5.97 Å². The van der Waals surface area contributed by atoms with Crippen LogP contribution in [0.25, 0.3) is 10.8 Å². The topological polar surface area (TPSA) is 58.6 Å². The van der Waals surface area contributed by atoms with Crippen LogP contribution in [0.5, 0.6) is 5.75 Å². The van der Waals surface area contributed by atoms with Crippen LogP contribution in [0.3, 0.4) is 0 Å². The predicted octanol–water partition coefficient (Wildman–Crippen LogP) is 7.20. The molecule has 1 aliphatic rings. The number of ether oxygens (including phenoxy) is 1. The van der Waals surface area contributed by atoms with Gasteiger partial charge >= 0.3 is 5.97 Å². The Bertz CT molecular complexity index is 1380. The van der Waals surface area contributed by atoms with Gasteiger partial charge in [-0.3, -0.25) is 0 Å². The van der Waals surface area contributed by atoms with Gasteiger partial charge in [0.25, 0.3) is 0 Å². The van der Waals surface area contributed by atoms with Crippen molar-refractivity contribution in [3.8, 4) is 5.75 Å². The van der Waals surface area contributed by atoms with Crippen LogP contribution >= 0.6 is 12.4 Å². The molecule has 2 N–H and O–H groups in total. The van der Waals surface area contributed by atoms with Crippen LogP contribution in [0.1, 0.15) is 64.7 Å². The van der Waals surface area contributed by atoms with Crippen LogP contribution < -0.4 is 10.1 Å². The summed E-state index contributed by atoms with van der Waals surface area (Å²) in [5, 5.41) is 16.0. The largest absolute Gasteiger partial charge is 0.489 e. The lowest BCUT2D eigenvalue weighted by Gasteiger charge is -2.33. The average molecular weight is 516 g/mol. The molecule has 0 aromatic heterocycles. The quantitative estimate of drug-likeness (QED) is 0.244. The highest BCUT2D eigenvalue weighted by Crippen LogP contribution is 2.41. The number of nitrogens with one attached hydrogen (secondary N) is 1. The highest BCUT2D eigenvalue weighted by molar-refractivity contribution is 5.90. The molecule has 5 heteroatoms. The van der Waals surface area contributed by atoms with Gasteiger partial charge in [-0.1, -0.05) is 86.6 Å². The third-order valence-corrected chi connectivity index (χ3v) is 7.24. The van der Waals surface area contributed by atoms with Gasteiger partial charge in [-0.25, -0.2) is 4.79 Å². The van der Waals surface area contributed by atoms with E-state index in [9.17, 15) is 9.90 Å². The molecule has 0 fully saturated rings. The van der Waals surface area contributed by atoms with Crippen molar-refractivity contribution in [2.75, 3.05) is 13.1 Å². The number of para-hydroxylation sites is 1. The van der Waals surface area contributed by atoms with Crippen LogP contribution in [-0.4, -0.2) is 30.3 Å². The SMILES string of the molecule is CC(C)c1ccc(C2CC(CNCCc3cccc4ccccc34)Oc3ccccc32)cc1C(=O)O.Cl. The van der Waals surface area contributed by atoms with Crippen molar-refractivity contribution in [1.29, 1.82) is 0 Å². The lowest BCUT2D eigenvalue weighted by atomic mass is 9.82. The maximum atomic E-state index is 12.0. The zero-order chi connectivity index (χ0) is 25.1. The average Bonchev–Trinajstić information content (AvgIpc) is 2.90. The Kier molecular flexibility index (Phi) is 8.52. The van der Waals surface area contributed by atoms with Crippen LogP contribution in [0, 0.1) is 0 Å². The van der Waals surface area contributed by atoms with E-state index in [-0.39, 0.29) is 30.3 Å². The zero-order valence-electron chi connectivity index (χ0n) is 21.3. The number of carbonyl (C=O) groups is 1. The van der Waals surface area contributed by atoms with Gasteiger partial charge in [-0.05, 0) is 64.9 Å². The molecule has 37 heavy (non-hydrogen) atoms. The monoisotopic (exact) mass is 515 g/mol. The normalized spacial score (nSPS) is 16.6. The summed E-state index contributed by atoms with van der Waals surface area (Å²) >= 11 is 0. The maximum absolute atomic E-state index is 12.0. The number of halogens is 1. The maximum Gasteiger partial charge on any atom is 0.335 e. The summed E-state index contributed by atoms with van der Waals surface area (Å²) in [5.41, 5.74) is 4.78. The number of carboxylic acids is 1. The minimum Gasteiger partial charge on any atom is -0.489 e. The first-order valence-corrected chi connectivity index (χ1v) is 12.8. The second-order valence-corrected chi connectivity index (χ2v) is 9.96. The van der Waals surface area contributed by atoms with Crippen molar-refractivity contribution in [3.05, 3.63) is 113 Å². The molecule has 2 atom stereocenters. The molecule has 4 aromatic rings. The Morgan fingerprint density at radius 2 is 1.76 bits per heavy atom. The first-order chi connectivity index (χ1) is 17.5. The van der Waals surface area contributed by atoms with Gasteiger partial charge in [-0.2, -0.15) is 0 Å². The fraction of sp³-hybridized carbons (Fsp3) is 0.281. The second kappa shape index (κ2) is 11.8. The minimum absolute atomic E-state index is 0. The Labute approximate surface area is 225 Å².